The van der Waals surface area contributed by atoms with E-state index in [-0.39, 0.29) is 40.8 Å². The number of carbonyl (C=O) groups is 2. The molecule has 2 fully saturated rings. The molecule has 2 atom stereocenters. The Morgan fingerprint density at radius 2 is 2.02 bits per heavy atom. The number of halogens is 3. The number of aromatic nitrogens is 2. The molecule has 2 heterocycles. The zero-order valence-electron chi connectivity index (χ0n) is 22.3. The van der Waals surface area contributed by atoms with Crippen molar-refractivity contribution in [1.82, 2.24) is 15.3 Å². The van der Waals surface area contributed by atoms with Crippen molar-refractivity contribution >= 4 is 35.1 Å². The average molecular weight is 597 g/mol. The number of amides is 2. The van der Waals surface area contributed by atoms with Gasteiger partial charge in [-0.3, -0.25) is 9.59 Å². The van der Waals surface area contributed by atoms with E-state index >= 15 is 0 Å². The smallest absolute Gasteiger partial charge is 0.318 e. The number of nitriles is 1. The van der Waals surface area contributed by atoms with Crippen molar-refractivity contribution in [2.45, 2.75) is 49.9 Å². The Kier molecular flexibility index (Phi) is 8.00. The summed E-state index contributed by atoms with van der Waals surface area (Å²) in [6, 6.07) is 13.7. The molecule has 0 unspecified atom stereocenters. The van der Waals surface area contributed by atoms with Gasteiger partial charge in [0.15, 0.2) is 6.04 Å². The third kappa shape index (κ3) is 5.71. The summed E-state index contributed by atoms with van der Waals surface area (Å²) < 4.78 is 32.6. The Hall–Kier alpha value is -4.70. The SMILES string of the molecule is COc1cccc(N([C@H](C(=O)NC2CC(F)(F)C2)c2ccccc2Cl)[N+](=O)[C@@H]2CCC(=O)N2c2nccc(C#N)n2)c1. The van der Waals surface area contributed by atoms with Crippen molar-refractivity contribution in [3.63, 3.8) is 0 Å². The van der Waals surface area contributed by atoms with Crippen molar-refractivity contribution in [2.24, 2.45) is 0 Å². The van der Waals surface area contributed by atoms with Gasteiger partial charge in [-0.2, -0.15) is 5.26 Å². The molecule has 216 valence electrons. The summed E-state index contributed by atoms with van der Waals surface area (Å²) in [7, 11) is 1.43. The molecular weight excluding hydrogens is 572 g/mol. The number of nitrogens with one attached hydrogen (secondary N) is 1. The second kappa shape index (κ2) is 11.7. The van der Waals surface area contributed by atoms with Crippen LogP contribution >= 0.6 is 11.6 Å². The minimum absolute atomic E-state index is 0.00817. The molecule has 2 aromatic carbocycles. The minimum atomic E-state index is -2.89. The lowest BCUT2D eigenvalue weighted by molar-refractivity contribution is -0.598. The Bertz CT molecular complexity index is 1580. The third-order valence-corrected chi connectivity index (χ3v) is 7.41. The van der Waals surface area contributed by atoms with Gasteiger partial charge in [0.2, 0.25) is 11.9 Å². The summed E-state index contributed by atoms with van der Waals surface area (Å²) in [6.07, 6.45) is -1.00. The van der Waals surface area contributed by atoms with E-state index < -0.39 is 48.8 Å². The lowest BCUT2D eigenvalue weighted by atomic mass is 9.88. The Balaban J connectivity index is 1.62. The van der Waals surface area contributed by atoms with Gasteiger partial charge in [-0.05, 0) is 24.3 Å². The molecule has 2 aliphatic rings. The number of carbonyl (C=O) groups excluding carboxylic acids is 2. The van der Waals surface area contributed by atoms with Crippen LogP contribution < -0.4 is 20.0 Å². The van der Waals surface area contributed by atoms with Crippen LogP contribution in [0.5, 0.6) is 5.75 Å². The molecule has 1 saturated carbocycles. The monoisotopic (exact) mass is 596 g/mol. The molecule has 3 aromatic rings. The maximum Gasteiger partial charge on any atom is 0.318 e. The number of ether oxygens (including phenoxy) is 1. The number of nitroso groups, excluding NO2 is 1. The predicted octanol–water partition coefficient (Wildman–Crippen LogP) is 4.32. The molecule has 11 nitrogen and oxygen atoms in total. The van der Waals surface area contributed by atoms with E-state index in [1.165, 1.54) is 25.4 Å². The normalized spacial score (nSPS) is 18.5. The summed E-state index contributed by atoms with van der Waals surface area (Å²) in [6.45, 7) is 0. The topological polar surface area (TPSA) is 132 Å². The van der Waals surface area contributed by atoms with Gasteiger partial charge in [0.25, 0.3) is 11.8 Å². The quantitative estimate of drug-likeness (QED) is 0.285. The van der Waals surface area contributed by atoms with Crippen molar-refractivity contribution in [2.75, 3.05) is 17.0 Å². The first-order valence-electron chi connectivity index (χ1n) is 13.0. The van der Waals surface area contributed by atoms with Gasteiger partial charge >= 0.3 is 6.17 Å². The van der Waals surface area contributed by atoms with Crippen molar-refractivity contribution < 1.29 is 28.0 Å². The van der Waals surface area contributed by atoms with Crippen LogP contribution in [0, 0.1) is 16.2 Å². The van der Waals surface area contributed by atoms with E-state index in [4.69, 9.17) is 16.3 Å². The van der Waals surface area contributed by atoms with E-state index in [0.29, 0.717) is 10.6 Å². The molecule has 1 aliphatic heterocycles. The fraction of sp³-hybridized carbons (Fsp3) is 0.321. The molecule has 42 heavy (non-hydrogen) atoms. The van der Waals surface area contributed by atoms with Crippen LogP contribution in [0.3, 0.4) is 0 Å². The number of hydrogen-bond acceptors (Lipinski definition) is 7. The third-order valence-electron chi connectivity index (χ3n) is 7.07. The van der Waals surface area contributed by atoms with Gasteiger partial charge < -0.3 is 10.1 Å². The van der Waals surface area contributed by atoms with E-state index in [1.54, 1.807) is 42.5 Å². The van der Waals surface area contributed by atoms with E-state index in [0.717, 1.165) is 9.91 Å². The first-order chi connectivity index (χ1) is 20.1. The highest BCUT2D eigenvalue weighted by Gasteiger charge is 2.52. The molecule has 1 aliphatic carbocycles. The van der Waals surface area contributed by atoms with Crippen LogP contribution in [-0.4, -0.2) is 51.9 Å². The standard InChI is InChI=1S/C28H24ClF2N7O4/c1-42-20-6-4-5-19(13-20)37(38(41)23-9-10-24(39)36(23)27-33-12-11-17(16-32)35-27)25(21-7-2-3-8-22(21)29)26(40)34-18-14-28(30,31)15-18/h2-8,11-13,18,23,25H,9-10,14-15H2,1H3/p+1/t23-,25+/m1/s1. The predicted molar refractivity (Wildman–Crippen MR) is 147 cm³/mol. The van der Waals surface area contributed by atoms with Gasteiger partial charge in [0.1, 0.15) is 28.1 Å². The molecule has 14 heteroatoms. The molecule has 2 amide bonds. The number of nitrogens with zero attached hydrogens (tertiary/aromatic N) is 6. The maximum absolute atomic E-state index is 14.5. The van der Waals surface area contributed by atoms with E-state index in [9.17, 15) is 28.5 Å². The van der Waals surface area contributed by atoms with Crippen LogP contribution in [0.15, 0.2) is 60.8 Å². The highest BCUT2D eigenvalue weighted by atomic mass is 35.5. The molecule has 0 bridgehead atoms. The fourth-order valence-corrected chi connectivity index (χ4v) is 5.29. The average Bonchev–Trinajstić information content (AvgIpc) is 3.36. The lowest BCUT2D eigenvalue weighted by Crippen LogP contribution is -2.56. The zero-order valence-corrected chi connectivity index (χ0v) is 23.0. The van der Waals surface area contributed by atoms with Crippen molar-refractivity contribution in [3.05, 3.63) is 82.0 Å². The Morgan fingerprint density at radius 1 is 1.26 bits per heavy atom. The Morgan fingerprint density at radius 3 is 2.71 bits per heavy atom. The van der Waals surface area contributed by atoms with Gasteiger partial charge in [0.05, 0.1) is 12.0 Å². The number of benzene rings is 2. The minimum Gasteiger partial charge on any atom is -0.497 e. The van der Waals surface area contributed by atoms with Crippen LogP contribution in [0.25, 0.3) is 0 Å². The van der Waals surface area contributed by atoms with Crippen LogP contribution in [0.1, 0.15) is 43.0 Å². The summed E-state index contributed by atoms with van der Waals surface area (Å²) >= 11 is 6.54. The molecule has 1 saturated heterocycles. The summed E-state index contributed by atoms with van der Waals surface area (Å²) in [5.41, 5.74) is 0.422. The lowest BCUT2D eigenvalue weighted by Gasteiger charge is -2.37. The van der Waals surface area contributed by atoms with Gasteiger partial charge in [-0.25, -0.2) is 23.6 Å². The number of alkyl halides is 2. The molecule has 1 N–H and O–H groups in total. The Labute approximate surface area is 244 Å². The molecule has 5 rings (SSSR count). The van der Waals surface area contributed by atoms with E-state index in [1.807, 2.05) is 6.07 Å². The van der Waals surface area contributed by atoms with Crippen LogP contribution in [0.4, 0.5) is 20.4 Å². The van der Waals surface area contributed by atoms with Crippen LogP contribution in [0.2, 0.25) is 5.02 Å². The number of methoxy groups -OCH3 is 1. The maximum atomic E-state index is 14.5. The first kappa shape index (κ1) is 28.8. The second-order valence-electron chi connectivity index (χ2n) is 9.88. The van der Waals surface area contributed by atoms with Crippen molar-refractivity contribution in [3.8, 4) is 11.8 Å². The summed E-state index contributed by atoms with van der Waals surface area (Å²) in [4.78, 5) is 51.1. The van der Waals surface area contributed by atoms with Gasteiger partial charge in [-0.1, -0.05) is 40.9 Å². The number of anilines is 2. The molecular formula is C28H25ClF2N7O4+. The highest BCUT2D eigenvalue weighted by Crippen LogP contribution is 2.40. The summed E-state index contributed by atoms with van der Waals surface area (Å²) in [5.74, 6) is -3.88. The largest absolute Gasteiger partial charge is 0.497 e. The molecule has 1 aromatic heterocycles. The van der Waals surface area contributed by atoms with Gasteiger partial charge in [-0.15, -0.1) is 0 Å². The molecule has 0 spiro atoms. The fourth-order valence-electron chi connectivity index (χ4n) is 5.05. The van der Waals surface area contributed by atoms with Gasteiger partial charge in [0, 0.05) is 54.6 Å². The number of rotatable bonds is 9. The van der Waals surface area contributed by atoms with E-state index in [2.05, 4.69) is 15.3 Å². The highest BCUT2D eigenvalue weighted by molar-refractivity contribution is 6.31. The molecule has 0 radical (unpaired) electrons. The number of hydrogen-bond donors (Lipinski definition) is 1. The second-order valence-corrected chi connectivity index (χ2v) is 10.3. The van der Waals surface area contributed by atoms with Crippen molar-refractivity contribution in [1.29, 1.82) is 5.26 Å². The zero-order chi connectivity index (χ0) is 30.0. The van der Waals surface area contributed by atoms with Crippen LogP contribution in [-0.2, 0) is 9.59 Å². The first-order valence-corrected chi connectivity index (χ1v) is 13.4. The summed E-state index contributed by atoms with van der Waals surface area (Å²) in [5, 5.41) is 13.2. The number of hydrazine groups is 1.